The number of fused-ring (bicyclic) bond motifs is 4. The molecule has 2 aromatic carbocycles. The molecule has 0 spiro atoms. The van der Waals surface area contributed by atoms with Crippen LogP contribution < -0.4 is 10.2 Å². The van der Waals surface area contributed by atoms with Crippen LogP contribution in [0.3, 0.4) is 0 Å². The van der Waals surface area contributed by atoms with Gasteiger partial charge < -0.3 is 0 Å². The Kier molecular flexibility index (Phi) is 5.84. The molecule has 6 heterocycles. The average molecular weight is 755 g/mol. The van der Waals surface area contributed by atoms with E-state index in [1.54, 1.807) is 13.0 Å². The minimum absolute atomic E-state index is 0.0376. The monoisotopic (exact) mass is 754 g/mol. The number of anilines is 1. The molecule has 0 amide bonds. The number of halogens is 6. The first kappa shape index (κ1) is 27.5. The van der Waals surface area contributed by atoms with Gasteiger partial charge in [0.1, 0.15) is 5.82 Å². The standard InChI is InChI=1S/C30H24Cl2F3IN6O2/c1-12-23(28(14-5-7-16(31)17(32)9-14)41-22(37-12)11-21(39-41)30(33,34)35)29(43)44-42-20-8-6-13(10-19(20)38-40-42)24-25-15-3-2-4-18-27(24)36(18)26(15)25/h5-11,15,18,24-28,37H,2-4H2,1H3. The predicted octanol–water partition coefficient (Wildman–Crippen LogP) is 7.05. The van der Waals surface area contributed by atoms with Crippen LogP contribution in [-0.2, 0) is 11.0 Å². The number of hydrogen-bond acceptors (Lipinski definition) is 6. The molecule has 4 aromatic rings. The summed E-state index contributed by atoms with van der Waals surface area (Å²) >= 11 is 11.6. The van der Waals surface area contributed by atoms with Crippen LogP contribution in [-0.4, -0.2) is 42.7 Å². The summed E-state index contributed by atoms with van der Waals surface area (Å²) in [7, 11) is 0. The molecule has 1 saturated carbocycles. The Morgan fingerprint density at radius 2 is 1.89 bits per heavy atom. The fourth-order valence-electron chi connectivity index (χ4n) is 7.97. The Morgan fingerprint density at radius 1 is 1.07 bits per heavy atom. The molecule has 1 N–H and O–H groups in total. The van der Waals surface area contributed by atoms with E-state index in [1.807, 2.05) is 6.07 Å². The van der Waals surface area contributed by atoms with Gasteiger partial charge in [-0.15, -0.1) is 0 Å². The minimum atomic E-state index is -4.69. The molecule has 0 bridgehead atoms. The second kappa shape index (κ2) is 9.35. The normalized spacial score (nSPS) is 30.5. The van der Waals surface area contributed by atoms with Crippen LogP contribution in [0, 0.1) is 11.8 Å². The SMILES string of the molecule is CC1=C(C(=O)On2nnc3cc(C4C5C6CCCC7C4I7C65)ccc32)C(c2ccc(Cl)c(Cl)c2)n2nc(C(F)(F)F)cc2N1. The van der Waals surface area contributed by atoms with E-state index in [0.717, 1.165) is 39.2 Å². The van der Waals surface area contributed by atoms with E-state index in [1.165, 1.54) is 37.0 Å². The van der Waals surface area contributed by atoms with E-state index < -0.39 is 43.7 Å². The molecule has 3 saturated heterocycles. The summed E-state index contributed by atoms with van der Waals surface area (Å²) in [6.45, 7) is 1.59. The molecule has 2 aromatic heterocycles. The molecular formula is C30H24Cl2F3IN6O2. The third-order valence-electron chi connectivity index (χ3n) is 9.83. The van der Waals surface area contributed by atoms with Crippen molar-refractivity contribution in [2.45, 2.75) is 56.1 Å². The van der Waals surface area contributed by atoms with Gasteiger partial charge in [-0.05, 0) is 12.1 Å². The molecule has 8 nitrogen and oxygen atoms in total. The van der Waals surface area contributed by atoms with E-state index in [4.69, 9.17) is 28.0 Å². The molecule has 4 aliphatic heterocycles. The number of carbonyl (C=O) groups excluding carboxylic acids is 1. The number of hydrogen-bond donors (Lipinski definition) is 1. The van der Waals surface area contributed by atoms with E-state index in [2.05, 4.69) is 32.9 Å². The second-order valence-corrected chi connectivity index (χ2v) is 19.6. The van der Waals surface area contributed by atoms with Crippen LogP contribution in [0.25, 0.3) is 11.0 Å². The van der Waals surface area contributed by atoms with Crippen LogP contribution in [0.5, 0.6) is 0 Å². The Labute approximate surface area is 266 Å². The number of aromatic nitrogens is 5. The summed E-state index contributed by atoms with van der Waals surface area (Å²) in [4.78, 5) is 20.7. The maximum absolute atomic E-state index is 13.8. The zero-order valence-corrected chi connectivity index (χ0v) is 26.7. The van der Waals surface area contributed by atoms with Gasteiger partial charge in [-0.1, -0.05) is 29.3 Å². The van der Waals surface area contributed by atoms with Crippen LogP contribution >= 0.6 is 43.0 Å². The van der Waals surface area contributed by atoms with Gasteiger partial charge in [0, 0.05) is 6.07 Å². The van der Waals surface area contributed by atoms with Crippen molar-refractivity contribution in [1.82, 2.24) is 24.9 Å². The molecule has 0 radical (unpaired) electrons. The molecule has 228 valence electrons. The molecule has 44 heavy (non-hydrogen) atoms. The summed E-state index contributed by atoms with van der Waals surface area (Å²) in [5, 5.41) is 15.6. The number of alkyl halides is 6. The van der Waals surface area contributed by atoms with E-state index in [9.17, 15) is 18.0 Å². The first-order valence-corrected chi connectivity index (χ1v) is 18.9. The van der Waals surface area contributed by atoms with Gasteiger partial charge in [0.05, 0.1) is 10.0 Å². The summed E-state index contributed by atoms with van der Waals surface area (Å²) in [5.41, 5.74) is 2.14. The van der Waals surface area contributed by atoms with Gasteiger partial charge in [0.25, 0.3) is 0 Å². The third-order valence-corrected chi connectivity index (χ3v) is 19.7. The number of nitrogens with zero attached hydrogens (tertiary/aromatic N) is 5. The molecule has 7 atom stereocenters. The first-order chi connectivity index (χ1) is 21.1. The second-order valence-electron chi connectivity index (χ2n) is 12.2. The van der Waals surface area contributed by atoms with Gasteiger partial charge in [-0.25, -0.2) is 0 Å². The van der Waals surface area contributed by atoms with Crippen molar-refractivity contribution in [3.8, 4) is 0 Å². The first-order valence-electron chi connectivity index (χ1n) is 14.4. The molecule has 14 heteroatoms. The van der Waals surface area contributed by atoms with Gasteiger partial charge in [-0.2, -0.15) is 18.3 Å². The molecular weight excluding hydrogens is 731 g/mol. The van der Waals surface area contributed by atoms with Crippen molar-refractivity contribution in [3.05, 3.63) is 80.6 Å². The quantitative estimate of drug-likeness (QED) is 0.137. The average Bonchev–Trinajstić information content (AvgIpc) is 3.63. The van der Waals surface area contributed by atoms with Crippen molar-refractivity contribution in [2.75, 3.05) is 5.32 Å². The Morgan fingerprint density at radius 3 is 2.68 bits per heavy atom. The van der Waals surface area contributed by atoms with E-state index in [-0.39, 0.29) is 21.4 Å². The number of carbonyl (C=O) groups is 1. The Bertz CT molecular complexity index is 1920. The van der Waals surface area contributed by atoms with Crippen molar-refractivity contribution < 1.29 is 22.8 Å². The number of nitrogens with one attached hydrogen (secondary N) is 1. The minimum Gasteiger partial charge on any atom is -0.165 e. The third kappa shape index (κ3) is 3.95. The smallest absolute Gasteiger partial charge is 0.165 e. The zero-order valence-electron chi connectivity index (χ0n) is 23.0. The Balaban J connectivity index is 1.05. The summed E-state index contributed by atoms with van der Waals surface area (Å²) in [5.74, 6) is 1.66. The van der Waals surface area contributed by atoms with Gasteiger partial charge in [-0.3, -0.25) is 0 Å². The fraction of sp³-hybridized carbons (Fsp3) is 0.400. The molecule has 7 unspecified atom stereocenters. The van der Waals surface area contributed by atoms with Crippen molar-refractivity contribution in [1.29, 1.82) is 0 Å². The number of benzene rings is 2. The summed E-state index contributed by atoms with van der Waals surface area (Å²) < 4.78 is 45.1. The summed E-state index contributed by atoms with van der Waals surface area (Å²) in [6, 6.07) is 10.5. The van der Waals surface area contributed by atoms with Crippen LogP contribution in [0.15, 0.2) is 53.7 Å². The van der Waals surface area contributed by atoms with Gasteiger partial charge in [0.15, 0.2) is 5.69 Å². The predicted molar refractivity (Wildman–Crippen MR) is 166 cm³/mol. The number of rotatable bonds is 4. The molecule has 9 rings (SSSR count). The van der Waals surface area contributed by atoms with Crippen LogP contribution in [0.1, 0.15) is 55.0 Å². The topological polar surface area (TPSA) is 86.9 Å². The molecule has 4 fully saturated rings. The fourth-order valence-corrected chi connectivity index (χ4v) is 20.2. The van der Waals surface area contributed by atoms with E-state index in [0.29, 0.717) is 28.2 Å². The van der Waals surface area contributed by atoms with Crippen molar-refractivity contribution in [2.24, 2.45) is 11.8 Å². The van der Waals surface area contributed by atoms with Gasteiger partial charge in [0.2, 0.25) is 0 Å². The van der Waals surface area contributed by atoms with Crippen LogP contribution in [0.2, 0.25) is 10.0 Å². The molecule has 5 aliphatic rings. The van der Waals surface area contributed by atoms with Crippen LogP contribution in [0.4, 0.5) is 19.0 Å². The Hall–Kier alpha value is -2.84. The zero-order chi connectivity index (χ0) is 30.2. The summed E-state index contributed by atoms with van der Waals surface area (Å²) in [6.07, 6.45) is -0.476. The molecule has 1 aliphatic carbocycles. The number of allylic oxidation sites excluding steroid dienone is 1. The van der Waals surface area contributed by atoms with Crippen molar-refractivity contribution in [3.63, 3.8) is 0 Å². The van der Waals surface area contributed by atoms with E-state index >= 15 is 0 Å². The maximum atomic E-state index is 13.8. The van der Waals surface area contributed by atoms with Crippen molar-refractivity contribution >= 4 is 65.8 Å². The van der Waals surface area contributed by atoms with Gasteiger partial charge >= 0.3 is 180 Å².